The lowest BCUT2D eigenvalue weighted by Gasteiger charge is -2.19. The Balaban J connectivity index is 1.31. The molecule has 0 aliphatic heterocycles. The lowest BCUT2D eigenvalue weighted by Crippen LogP contribution is -2.26. The van der Waals surface area contributed by atoms with E-state index in [9.17, 15) is 0 Å². The molecule has 9 rings (SSSR count). The maximum atomic E-state index is 6.48. The van der Waals surface area contributed by atoms with Crippen molar-refractivity contribution in [1.29, 1.82) is 0 Å². The molecule has 0 fully saturated rings. The van der Waals surface area contributed by atoms with E-state index in [0.717, 1.165) is 16.6 Å². The third kappa shape index (κ3) is 3.87. The third-order valence-electron chi connectivity index (χ3n) is 9.16. The maximum Gasteiger partial charge on any atom is 0.136 e. The molecule has 0 saturated carbocycles. The minimum Gasteiger partial charge on any atom is -0.456 e. The molecule has 1 nitrogen and oxygen atoms in total. The molecule has 44 heavy (non-hydrogen) atoms. The molecule has 0 radical (unpaired) electrons. The Morgan fingerprint density at radius 3 is 2.16 bits per heavy atom. The van der Waals surface area contributed by atoms with E-state index in [-0.39, 0.29) is 5.92 Å². The van der Waals surface area contributed by atoms with Gasteiger partial charge in [-0.3, -0.25) is 0 Å². The highest BCUT2D eigenvalue weighted by Crippen LogP contribution is 2.42. The highest BCUT2D eigenvalue weighted by Gasteiger charge is 2.23. The standard InChI is InChI=1S/C43H28O/c1-2-13-29(14-3-1)42-33-18-7-5-15-30(33)26-38(35-19-8-9-20-36(35)42)31-24-25-40-39(27-31)43-37(22-11-23-41(43)44-40)34-21-10-16-28-12-4-6-17-32(28)34/h1-27,38H. The quantitative estimate of drug-likeness (QED) is 0.210. The highest BCUT2D eigenvalue weighted by molar-refractivity contribution is 6.15. The average molecular weight is 561 g/mol. The van der Waals surface area contributed by atoms with Gasteiger partial charge in [-0.15, -0.1) is 0 Å². The number of hydrogen-bond donors (Lipinski definition) is 0. The Kier molecular flexibility index (Phi) is 5.64. The molecule has 0 bridgehead atoms. The molecule has 0 saturated heterocycles. The van der Waals surface area contributed by atoms with E-state index < -0.39 is 0 Å². The fraction of sp³-hybridized carbons (Fsp3) is 0.0233. The Labute approximate surface area is 255 Å². The summed E-state index contributed by atoms with van der Waals surface area (Å²) in [5.41, 5.74) is 10.6. The van der Waals surface area contributed by atoms with Gasteiger partial charge in [0.15, 0.2) is 0 Å². The third-order valence-corrected chi connectivity index (χ3v) is 9.16. The first-order valence-corrected chi connectivity index (χ1v) is 15.2. The number of fused-ring (bicyclic) bond motifs is 6. The van der Waals surface area contributed by atoms with E-state index in [0.29, 0.717) is 0 Å². The molecular formula is C43H28O. The summed E-state index contributed by atoms with van der Waals surface area (Å²) in [5.74, 6) is 0.0765. The summed E-state index contributed by atoms with van der Waals surface area (Å²) in [6.07, 6.45) is 2.44. The van der Waals surface area contributed by atoms with Crippen molar-refractivity contribution >= 4 is 44.4 Å². The van der Waals surface area contributed by atoms with Crippen LogP contribution in [0.1, 0.15) is 28.2 Å². The zero-order valence-corrected chi connectivity index (χ0v) is 24.1. The Morgan fingerprint density at radius 2 is 1.20 bits per heavy atom. The molecule has 0 spiro atoms. The molecule has 1 heteroatoms. The second kappa shape index (κ2) is 9.97. The first-order valence-electron chi connectivity index (χ1n) is 15.2. The average Bonchev–Trinajstić information content (AvgIpc) is 3.39. The zero-order chi connectivity index (χ0) is 29.0. The Morgan fingerprint density at radius 1 is 0.477 bits per heavy atom. The van der Waals surface area contributed by atoms with Gasteiger partial charge in [0.1, 0.15) is 11.2 Å². The lowest BCUT2D eigenvalue weighted by atomic mass is 9.84. The second-order valence-corrected chi connectivity index (χ2v) is 11.6. The summed E-state index contributed by atoms with van der Waals surface area (Å²) in [5, 5.41) is 7.32. The van der Waals surface area contributed by atoms with Gasteiger partial charge in [0.25, 0.3) is 0 Å². The summed E-state index contributed by atoms with van der Waals surface area (Å²) in [4.78, 5) is 0. The summed E-state index contributed by atoms with van der Waals surface area (Å²) >= 11 is 0. The monoisotopic (exact) mass is 560 g/mol. The zero-order valence-electron chi connectivity index (χ0n) is 24.1. The van der Waals surface area contributed by atoms with Crippen LogP contribution >= 0.6 is 0 Å². The molecule has 206 valence electrons. The Hall–Kier alpha value is -5.66. The van der Waals surface area contributed by atoms with E-state index in [1.807, 2.05) is 0 Å². The number of benzene rings is 7. The van der Waals surface area contributed by atoms with Crippen LogP contribution in [0.4, 0.5) is 0 Å². The smallest absolute Gasteiger partial charge is 0.136 e. The molecule has 1 aromatic heterocycles. The number of hydrogen-bond acceptors (Lipinski definition) is 1. The van der Waals surface area contributed by atoms with Gasteiger partial charge in [0.05, 0.1) is 0 Å². The topological polar surface area (TPSA) is 13.1 Å². The van der Waals surface area contributed by atoms with Crippen molar-refractivity contribution in [2.24, 2.45) is 0 Å². The van der Waals surface area contributed by atoms with Crippen LogP contribution in [0.25, 0.3) is 55.5 Å². The Bertz CT molecular complexity index is 2490. The lowest BCUT2D eigenvalue weighted by molar-refractivity contribution is 0.669. The van der Waals surface area contributed by atoms with Crippen molar-refractivity contribution in [3.63, 3.8) is 0 Å². The van der Waals surface area contributed by atoms with Gasteiger partial charge in [-0.25, -0.2) is 0 Å². The van der Waals surface area contributed by atoms with E-state index in [4.69, 9.17) is 4.42 Å². The van der Waals surface area contributed by atoms with Crippen molar-refractivity contribution in [3.8, 4) is 11.1 Å². The molecule has 0 amide bonds. The molecule has 1 atom stereocenters. The normalized spacial score (nSPS) is 14.3. The molecule has 1 aliphatic carbocycles. The SMILES string of the molecule is C1=c2ccccc2=C(c2ccccc2)c2ccccc2C1c1ccc2oc3cccc(-c4cccc5ccccc45)c3c2c1. The van der Waals surface area contributed by atoms with Gasteiger partial charge in [0.2, 0.25) is 0 Å². The van der Waals surface area contributed by atoms with E-state index in [1.54, 1.807) is 0 Å². The van der Waals surface area contributed by atoms with Crippen molar-refractivity contribution in [3.05, 3.63) is 190 Å². The predicted octanol–water partition coefficient (Wildman–Crippen LogP) is 9.58. The minimum absolute atomic E-state index is 0.0765. The summed E-state index contributed by atoms with van der Waals surface area (Å²) in [6, 6.07) is 56.9. The predicted molar refractivity (Wildman–Crippen MR) is 183 cm³/mol. The maximum absolute atomic E-state index is 6.48. The van der Waals surface area contributed by atoms with Crippen LogP contribution in [0.3, 0.4) is 0 Å². The fourth-order valence-corrected chi connectivity index (χ4v) is 7.19. The van der Waals surface area contributed by atoms with Crippen LogP contribution in [-0.2, 0) is 0 Å². The molecule has 0 N–H and O–H groups in total. The van der Waals surface area contributed by atoms with Crippen LogP contribution in [0.5, 0.6) is 0 Å². The second-order valence-electron chi connectivity index (χ2n) is 11.6. The van der Waals surface area contributed by atoms with E-state index >= 15 is 0 Å². The molecule has 1 aliphatic rings. The summed E-state index contributed by atoms with van der Waals surface area (Å²) in [7, 11) is 0. The molecule has 8 aromatic rings. The van der Waals surface area contributed by atoms with Crippen LogP contribution in [0.15, 0.2) is 162 Å². The van der Waals surface area contributed by atoms with Gasteiger partial charge in [-0.05, 0) is 78.4 Å². The highest BCUT2D eigenvalue weighted by atomic mass is 16.3. The van der Waals surface area contributed by atoms with Gasteiger partial charge in [-0.1, -0.05) is 146 Å². The van der Waals surface area contributed by atoms with E-state index in [2.05, 4.69) is 164 Å². The van der Waals surface area contributed by atoms with Crippen molar-refractivity contribution in [1.82, 2.24) is 0 Å². The first kappa shape index (κ1) is 24.9. The van der Waals surface area contributed by atoms with Crippen molar-refractivity contribution in [2.75, 3.05) is 0 Å². The van der Waals surface area contributed by atoms with Crippen LogP contribution in [-0.4, -0.2) is 0 Å². The van der Waals surface area contributed by atoms with Crippen molar-refractivity contribution in [2.45, 2.75) is 5.92 Å². The number of furan rings is 1. The van der Waals surface area contributed by atoms with Crippen LogP contribution in [0, 0.1) is 0 Å². The van der Waals surface area contributed by atoms with Gasteiger partial charge in [0, 0.05) is 16.7 Å². The largest absolute Gasteiger partial charge is 0.456 e. The van der Waals surface area contributed by atoms with Crippen LogP contribution in [0.2, 0.25) is 0 Å². The minimum atomic E-state index is 0.0765. The number of rotatable bonds is 3. The van der Waals surface area contributed by atoms with Crippen LogP contribution < -0.4 is 10.4 Å². The van der Waals surface area contributed by atoms with Gasteiger partial charge >= 0.3 is 0 Å². The van der Waals surface area contributed by atoms with Crippen molar-refractivity contribution < 1.29 is 4.42 Å². The molecule has 1 unspecified atom stereocenters. The molecule has 7 aromatic carbocycles. The molecular weight excluding hydrogens is 532 g/mol. The van der Waals surface area contributed by atoms with Gasteiger partial charge < -0.3 is 4.42 Å². The van der Waals surface area contributed by atoms with E-state index in [1.165, 1.54) is 65.5 Å². The molecule has 1 heterocycles. The fourth-order valence-electron chi connectivity index (χ4n) is 7.19. The summed E-state index contributed by atoms with van der Waals surface area (Å²) in [6.45, 7) is 0. The van der Waals surface area contributed by atoms with Gasteiger partial charge in [-0.2, -0.15) is 0 Å². The first-order chi connectivity index (χ1) is 21.8. The summed E-state index contributed by atoms with van der Waals surface area (Å²) < 4.78 is 6.48.